The largest absolute Gasteiger partial charge is 0.340 e. The summed E-state index contributed by atoms with van der Waals surface area (Å²) in [5.41, 5.74) is 0. The first kappa shape index (κ1) is 15.1. The number of amides is 1. The third kappa shape index (κ3) is 3.76. The van der Waals surface area contributed by atoms with E-state index in [1.165, 1.54) is 0 Å². The number of hydrogen-bond donors (Lipinski definition) is 1. The molecule has 17 heavy (non-hydrogen) atoms. The molecule has 2 atom stereocenters. The zero-order valence-corrected chi connectivity index (χ0v) is 12.3. The fourth-order valence-electron chi connectivity index (χ4n) is 2.40. The third-order valence-corrected chi connectivity index (χ3v) is 5.10. The van der Waals surface area contributed by atoms with Gasteiger partial charge in [-0.25, -0.2) is 0 Å². The maximum Gasteiger partial charge on any atom is 0.227 e. The molecule has 0 aromatic carbocycles. The van der Waals surface area contributed by atoms with E-state index >= 15 is 0 Å². The molecule has 2 aliphatic rings. The summed E-state index contributed by atoms with van der Waals surface area (Å²) in [5, 5.41) is 3.91. The van der Waals surface area contributed by atoms with E-state index in [1.54, 1.807) is 0 Å². The maximum atomic E-state index is 12.2. The molecule has 100 valence electrons. The Morgan fingerprint density at radius 1 is 1.47 bits per heavy atom. The van der Waals surface area contributed by atoms with Gasteiger partial charge in [0, 0.05) is 30.6 Å². The summed E-state index contributed by atoms with van der Waals surface area (Å²) in [5.74, 6) is 2.41. The van der Waals surface area contributed by atoms with Crippen molar-refractivity contribution in [3.8, 4) is 0 Å². The standard InChI is InChI=1S/C12H22N2OS.ClH/c1-9(2)11-8-14(5-6-16-11)12(15)10-3-4-13-7-10;/h9-11,13H,3-8H2,1-2H3;1H. The van der Waals surface area contributed by atoms with E-state index in [9.17, 15) is 4.79 Å². The van der Waals surface area contributed by atoms with Gasteiger partial charge in [0.05, 0.1) is 5.92 Å². The molecular formula is C12H23ClN2OS. The first-order valence-corrected chi connectivity index (χ1v) is 7.34. The molecule has 0 bridgehead atoms. The van der Waals surface area contributed by atoms with Crippen LogP contribution in [0.5, 0.6) is 0 Å². The van der Waals surface area contributed by atoms with Crippen molar-refractivity contribution in [3.05, 3.63) is 0 Å². The lowest BCUT2D eigenvalue weighted by Gasteiger charge is -2.35. The second-order valence-corrected chi connectivity index (χ2v) is 6.47. The van der Waals surface area contributed by atoms with Crippen molar-refractivity contribution in [2.45, 2.75) is 25.5 Å². The predicted octanol–water partition coefficient (Wildman–Crippen LogP) is 1.62. The van der Waals surface area contributed by atoms with Crippen LogP contribution in [-0.2, 0) is 4.79 Å². The number of carbonyl (C=O) groups is 1. The Kier molecular flexibility index (Phi) is 6.10. The Morgan fingerprint density at radius 3 is 2.82 bits per heavy atom. The number of halogens is 1. The number of carbonyl (C=O) groups excluding carboxylic acids is 1. The summed E-state index contributed by atoms with van der Waals surface area (Å²) in [6, 6.07) is 0. The van der Waals surface area contributed by atoms with Crippen molar-refractivity contribution in [1.82, 2.24) is 10.2 Å². The first-order valence-electron chi connectivity index (χ1n) is 6.29. The van der Waals surface area contributed by atoms with Gasteiger partial charge in [-0.1, -0.05) is 13.8 Å². The molecule has 2 saturated heterocycles. The van der Waals surface area contributed by atoms with Gasteiger partial charge in [0.2, 0.25) is 5.91 Å². The Morgan fingerprint density at radius 2 is 2.24 bits per heavy atom. The van der Waals surface area contributed by atoms with E-state index in [1.807, 2.05) is 11.8 Å². The second kappa shape index (κ2) is 6.86. The quantitative estimate of drug-likeness (QED) is 0.833. The van der Waals surface area contributed by atoms with E-state index in [0.717, 1.165) is 38.4 Å². The lowest BCUT2D eigenvalue weighted by atomic mass is 10.1. The molecule has 5 heteroatoms. The number of thioether (sulfide) groups is 1. The maximum absolute atomic E-state index is 12.2. The molecule has 3 nitrogen and oxygen atoms in total. The van der Waals surface area contributed by atoms with E-state index in [0.29, 0.717) is 17.1 Å². The Labute approximate surface area is 114 Å². The fraction of sp³-hybridized carbons (Fsp3) is 0.917. The van der Waals surface area contributed by atoms with Crippen LogP contribution < -0.4 is 5.32 Å². The summed E-state index contributed by atoms with van der Waals surface area (Å²) in [6.45, 7) is 8.30. The Bertz CT molecular complexity index is 257. The molecule has 2 aliphatic heterocycles. The van der Waals surface area contributed by atoms with Crippen molar-refractivity contribution >= 4 is 30.1 Å². The minimum absolute atomic E-state index is 0. The van der Waals surface area contributed by atoms with Crippen molar-refractivity contribution in [3.63, 3.8) is 0 Å². The monoisotopic (exact) mass is 278 g/mol. The van der Waals surface area contributed by atoms with Crippen LogP contribution in [0.25, 0.3) is 0 Å². The molecule has 1 amide bonds. The number of rotatable bonds is 2. The van der Waals surface area contributed by atoms with Gasteiger partial charge in [-0.2, -0.15) is 11.8 Å². The van der Waals surface area contributed by atoms with Gasteiger partial charge < -0.3 is 10.2 Å². The van der Waals surface area contributed by atoms with Crippen molar-refractivity contribution in [2.75, 3.05) is 31.9 Å². The Hall–Kier alpha value is 0.0700. The van der Waals surface area contributed by atoms with Gasteiger partial charge in [0.1, 0.15) is 0 Å². The van der Waals surface area contributed by atoms with Gasteiger partial charge in [0.25, 0.3) is 0 Å². The first-order chi connectivity index (χ1) is 7.68. The molecular weight excluding hydrogens is 256 g/mol. The van der Waals surface area contributed by atoms with Gasteiger partial charge in [0.15, 0.2) is 0 Å². The van der Waals surface area contributed by atoms with Gasteiger partial charge in [-0.3, -0.25) is 4.79 Å². The van der Waals surface area contributed by atoms with Crippen LogP contribution in [0.4, 0.5) is 0 Å². The molecule has 0 aromatic rings. The molecule has 2 heterocycles. The zero-order chi connectivity index (χ0) is 11.5. The fourth-order valence-corrected chi connectivity index (χ4v) is 3.70. The summed E-state index contributed by atoms with van der Waals surface area (Å²) < 4.78 is 0. The van der Waals surface area contributed by atoms with Gasteiger partial charge in [-0.15, -0.1) is 12.4 Å². The molecule has 0 radical (unpaired) electrons. The molecule has 2 unspecified atom stereocenters. The molecule has 0 aliphatic carbocycles. The van der Waals surface area contributed by atoms with Crippen LogP contribution in [0.3, 0.4) is 0 Å². The third-order valence-electron chi connectivity index (χ3n) is 3.56. The minimum Gasteiger partial charge on any atom is -0.340 e. The van der Waals surface area contributed by atoms with Crippen LogP contribution in [0.1, 0.15) is 20.3 Å². The van der Waals surface area contributed by atoms with Crippen molar-refractivity contribution in [1.29, 1.82) is 0 Å². The highest BCUT2D eigenvalue weighted by molar-refractivity contribution is 8.00. The summed E-state index contributed by atoms with van der Waals surface area (Å²) >= 11 is 2.03. The second-order valence-electron chi connectivity index (χ2n) is 5.13. The average molecular weight is 279 g/mol. The Balaban J connectivity index is 0.00000144. The van der Waals surface area contributed by atoms with Crippen LogP contribution in [0.15, 0.2) is 0 Å². The zero-order valence-electron chi connectivity index (χ0n) is 10.6. The SMILES string of the molecule is CC(C)C1CN(C(=O)C2CCNC2)CCS1.Cl. The highest BCUT2D eigenvalue weighted by Crippen LogP contribution is 2.26. The van der Waals surface area contributed by atoms with Crippen LogP contribution in [0.2, 0.25) is 0 Å². The lowest BCUT2D eigenvalue weighted by Crippen LogP contribution is -2.46. The minimum atomic E-state index is 0. The highest BCUT2D eigenvalue weighted by atomic mass is 35.5. The lowest BCUT2D eigenvalue weighted by molar-refractivity contribution is -0.134. The normalized spacial score (nSPS) is 29.2. The summed E-state index contributed by atoms with van der Waals surface area (Å²) in [7, 11) is 0. The summed E-state index contributed by atoms with van der Waals surface area (Å²) in [6.07, 6.45) is 1.02. The van der Waals surface area contributed by atoms with E-state index in [-0.39, 0.29) is 18.3 Å². The average Bonchev–Trinajstić information content (AvgIpc) is 2.81. The van der Waals surface area contributed by atoms with Crippen LogP contribution >= 0.6 is 24.2 Å². The summed E-state index contributed by atoms with van der Waals surface area (Å²) in [4.78, 5) is 14.3. The van der Waals surface area contributed by atoms with Crippen molar-refractivity contribution < 1.29 is 4.79 Å². The molecule has 0 saturated carbocycles. The molecule has 2 fully saturated rings. The predicted molar refractivity (Wildman–Crippen MR) is 75.9 cm³/mol. The number of nitrogens with one attached hydrogen (secondary N) is 1. The highest BCUT2D eigenvalue weighted by Gasteiger charge is 2.31. The van der Waals surface area contributed by atoms with Crippen LogP contribution in [0, 0.1) is 11.8 Å². The molecule has 2 rings (SSSR count). The smallest absolute Gasteiger partial charge is 0.227 e. The molecule has 0 aromatic heterocycles. The number of hydrogen-bond acceptors (Lipinski definition) is 3. The van der Waals surface area contributed by atoms with Crippen LogP contribution in [-0.4, -0.2) is 48.0 Å². The number of nitrogens with zero attached hydrogens (tertiary/aromatic N) is 1. The topological polar surface area (TPSA) is 32.3 Å². The van der Waals surface area contributed by atoms with E-state index in [4.69, 9.17) is 0 Å². The molecule has 0 spiro atoms. The molecule has 1 N–H and O–H groups in total. The van der Waals surface area contributed by atoms with Crippen molar-refractivity contribution in [2.24, 2.45) is 11.8 Å². The van der Waals surface area contributed by atoms with Gasteiger partial charge >= 0.3 is 0 Å². The van der Waals surface area contributed by atoms with E-state index in [2.05, 4.69) is 24.1 Å². The van der Waals surface area contributed by atoms with E-state index < -0.39 is 0 Å². The van der Waals surface area contributed by atoms with Gasteiger partial charge in [-0.05, 0) is 18.9 Å².